The molecule has 1 aromatic rings. The van der Waals surface area contributed by atoms with Gasteiger partial charge >= 0.3 is 5.97 Å². The molecule has 0 aromatic carbocycles. The molecule has 1 atom stereocenters. The highest BCUT2D eigenvalue weighted by atomic mass is 16.5. The lowest BCUT2D eigenvalue weighted by molar-refractivity contribution is -0.137. The minimum absolute atomic E-state index is 0.0403. The highest BCUT2D eigenvalue weighted by Crippen LogP contribution is 2.53. The molecule has 0 unspecified atom stereocenters. The van der Waals surface area contributed by atoms with Crippen LogP contribution in [0, 0.1) is 10.8 Å². The maximum atomic E-state index is 11.5. The summed E-state index contributed by atoms with van der Waals surface area (Å²) in [5.74, 6) is 0.0657. The number of nitrogens with zero attached hydrogens (tertiary/aromatic N) is 2. The van der Waals surface area contributed by atoms with Gasteiger partial charge in [0.15, 0.2) is 5.82 Å². The number of carboxylic acids is 1. The van der Waals surface area contributed by atoms with Gasteiger partial charge in [-0.2, -0.15) is 4.98 Å². The SMILES string of the molecule is COC1CCC(NCc2noc([C@H](CCCC3(C(C)(C)C)CCCCC3)CC(=O)O)n2)CC1. The van der Waals surface area contributed by atoms with Gasteiger partial charge in [0.2, 0.25) is 5.89 Å². The Morgan fingerprint density at radius 3 is 2.52 bits per heavy atom. The van der Waals surface area contributed by atoms with Gasteiger partial charge in [0.05, 0.1) is 19.1 Å². The predicted octanol–water partition coefficient (Wildman–Crippen LogP) is 5.84. The Kier molecular flexibility index (Phi) is 9.34. The lowest BCUT2D eigenvalue weighted by Crippen LogP contribution is -2.37. The van der Waals surface area contributed by atoms with E-state index in [0.717, 1.165) is 44.9 Å². The zero-order valence-electron chi connectivity index (χ0n) is 21.2. The van der Waals surface area contributed by atoms with E-state index in [-0.39, 0.29) is 17.8 Å². The van der Waals surface area contributed by atoms with Crippen LogP contribution >= 0.6 is 0 Å². The van der Waals surface area contributed by atoms with Gasteiger partial charge in [-0.1, -0.05) is 51.6 Å². The Labute approximate surface area is 199 Å². The molecule has 0 radical (unpaired) electrons. The fourth-order valence-electron chi connectivity index (χ4n) is 6.06. The first-order chi connectivity index (χ1) is 15.7. The van der Waals surface area contributed by atoms with Crippen molar-refractivity contribution in [3.63, 3.8) is 0 Å². The van der Waals surface area contributed by atoms with E-state index >= 15 is 0 Å². The van der Waals surface area contributed by atoms with Crippen molar-refractivity contribution >= 4 is 5.97 Å². The molecule has 7 heteroatoms. The van der Waals surface area contributed by atoms with E-state index in [0.29, 0.717) is 35.8 Å². The van der Waals surface area contributed by atoms with Crippen molar-refractivity contribution in [2.45, 2.75) is 129 Å². The van der Waals surface area contributed by atoms with Crippen LogP contribution in [-0.2, 0) is 16.1 Å². The zero-order valence-corrected chi connectivity index (χ0v) is 21.2. The van der Waals surface area contributed by atoms with Crippen LogP contribution in [0.3, 0.4) is 0 Å². The average Bonchev–Trinajstić information content (AvgIpc) is 3.26. The number of carboxylic acid groups (broad SMARTS) is 1. The topological polar surface area (TPSA) is 97.5 Å². The highest BCUT2D eigenvalue weighted by molar-refractivity contribution is 5.67. The number of nitrogens with one attached hydrogen (secondary N) is 1. The standard InChI is InChI=1S/C26H45N3O4/c1-25(2,3)26(14-6-5-7-15-26)16-8-9-19(17-23(30)31)24-28-22(29-33-24)18-27-20-10-12-21(32-4)13-11-20/h19-21,27H,5-18H2,1-4H3,(H,30,31)/t19-,20?,21?/m1/s1. The molecule has 1 aromatic heterocycles. The summed E-state index contributed by atoms with van der Waals surface area (Å²) >= 11 is 0. The van der Waals surface area contributed by atoms with Crippen molar-refractivity contribution < 1.29 is 19.2 Å². The average molecular weight is 464 g/mol. The van der Waals surface area contributed by atoms with E-state index in [1.54, 1.807) is 7.11 Å². The molecule has 0 saturated heterocycles. The Hall–Kier alpha value is -1.47. The second kappa shape index (κ2) is 11.8. The summed E-state index contributed by atoms with van der Waals surface area (Å²) < 4.78 is 11.0. The molecule has 7 nitrogen and oxygen atoms in total. The predicted molar refractivity (Wildman–Crippen MR) is 128 cm³/mol. The summed E-state index contributed by atoms with van der Waals surface area (Å²) in [6, 6.07) is 0.442. The number of ether oxygens (including phenoxy) is 1. The molecule has 0 bridgehead atoms. The molecular weight excluding hydrogens is 418 g/mol. The third-order valence-corrected chi connectivity index (χ3v) is 8.42. The van der Waals surface area contributed by atoms with Crippen LogP contribution in [-0.4, -0.2) is 40.5 Å². The molecule has 2 fully saturated rings. The van der Waals surface area contributed by atoms with Gasteiger partial charge in [-0.3, -0.25) is 4.79 Å². The highest BCUT2D eigenvalue weighted by Gasteiger charge is 2.42. The number of rotatable bonds is 11. The van der Waals surface area contributed by atoms with Crippen molar-refractivity contribution in [2.24, 2.45) is 10.8 Å². The zero-order chi connectivity index (χ0) is 23.9. The Morgan fingerprint density at radius 1 is 1.21 bits per heavy atom. The fourth-order valence-corrected chi connectivity index (χ4v) is 6.06. The van der Waals surface area contributed by atoms with Gasteiger partial charge in [0.25, 0.3) is 0 Å². The summed E-state index contributed by atoms with van der Waals surface area (Å²) in [5, 5.41) is 17.2. The van der Waals surface area contributed by atoms with E-state index < -0.39 is 5.97 Å². The summed E-state index contributed by atoms with van der Waals surface area (Å²) in [4.78, 5) is 16.1. The van der Waals surface area contributed by atoms with E-state index in [2.05, 4.69) is 36.2 Å². The smallest absolute Gasteiger partial charge is 0.304 e. The van der Waals surface area contributed by atoms with Crippen molar-refractivity contribution in [2.75, 3.05) is 7.11 Å². The number of hydrogen-bond donors (Lipinski definition) is 2. The molecule has 0 amide bonds. The van der Waals surface area contributed by atoms with Crippen LogP contribution < -0.4 is 5.32 Å². The third kappa shape index (κ3) is 7.25. The van der Waals surface area contributed by atoms with Crippen LogP contribution in [0.5, 0.6) is 0 Å². The number of hydrogen-bond acceptors (Lipinski definition) is 6. The van der Waals surface area contributed by atoms with Gasteiger partial charge < -0.3 is 19.7 Å². The summed E-state index contributed by atoms with van der Waals surface area (Å²) in [5.41, 5.74) is 0.617. The number of carbonyl (C=O) groups is 1. The van der Waals surface area contributed by atoms with Crippen LogP contribution in [0.1, 0.15) is 122 Å². The Bertz CT molecular complexity index is 728. The monoisotopic (exact) mass is 463 g/mol. The number of aromatic nitrogens is 2. The first-order valence-corrected chi connectivity index (χ1v) is 13.0. The molecule has 1 heterocycles. The van der Waals surface area contributed by atoms with Crippen LogP contribution in [0.4, 0.5) is 0 Å². The van der Waals surface area contributed by atoms with Crippen molar-refractivity contribution in [3.8, 4) is 0 Å². The maximum Gasteiger partial charge on any atom is 0.304 e. The fraction of sp³-hybridized carbons (Fsp3) is 0.885. The molecule has 2 saturated carbocycles. The summed E-state index contributed by atoms with van der Waals surface area (Å²) in [6.45, 7) is 7.66. The molecule has 0 spiro atoms. The molecule has 3 rings (SSSR count). The number of methoxy groups -OCH3 is 1. The van der Waals surface area contributed by atoms with Crippen molar-refractivity contribution in [3.05, 3.63) is 11.7 Å². The van der Waals surface area contributed by atoms with Gasteiger partial charge in [-0.05, 0) is 62.2 Å². The van der Waals surface area contributed by atoms with Crippen molar-refractivity contribution in [1.82, 2.24) is 15.5 Å². The van der Waals surface area contributed by atoms with Gasteiger partial charge in [0.1, 0.15) is 0 Å². The largest absolute Gasteiger partial charge is 0.481 e. The van der Waals surface area contributed by atoms with Gasteiger partial charge in [-0.25, -0.2) is 0 Å². The van der Waals surface area contributed by atoms with Crippen molar-refractivity contribution in [1.29, 1.82) is 0 Å². The van der Waals surface area contributed by atoms with Crippen LogP contribution in [0.25, 0.3) is 0 Å². The van der Waals surface area contributed by atoms with Gasteiger partial charge in [-0.15, -0.1) is 0 Å². The molecule has 0 aliphatic heterocycles. The number of aliphatic carboxylic acids is 1. The van der Waals surface area contributed by atoms with Crippen LogP contribution in [0.15, 0.2) is 4.52 Å². The lowest BCUT2D eigenvalue weighted by Gasteiger charge is -2.48. The molecule has 33 heavy (non-hydrogen) atoms. The molecular formula is C26H45N3O4. The molecule has 188 valence electrons. The third-order valence-electron chi connectivity index (χ3n) is 8.42. The van der Waals surface area contributed by atoms with E-state index in [9.17, 15) is 9.90 Å². The molecule has 2 aliphatic rings. The Balaban J connectivity index is 1.54. The normalized spacial score (nSPS) is 24.5. The minimum atomic E-state index is -0.809. The Morgan fingerprint density at radius 2 is 1.91 bits per heavy atom. The second-order valence-electron chi connectivity index (χ2n) is 11.4. The first kappa shape index (κ1) is 26.1. The van der Waals surface area contributed by atoms with E-state index in [1.165, 1.54) is 32.1 Å². The summed E-state index contributed by atoms with van der Waals surface area (Å²) in [6.07, 6.45) is 14.2. The van der Waals surface area contributed by atoms with Crippen LogP contribution in [0.2, 0.25) is 0 Å². The quantitative estimate of drug-likeness (QED) is 0.425. The van der Waals surface area contributed by atoms with Gasteiger partial charge in [0, 0.05) is 19.1 Å². The van der Waals surface area contributed by atoms with E-state index in [1.807, 2.05) is 0 Å². The summed E-state index contributed by atoms with van der Waals surface area (Å²) in [7, 11) is 1.78. The molecule has 2 aliphatic carbocycles. The first-order valence-electron chi connectivity index (χ1n) is 13.0. The molecule has 2 N–H and O–H groups in total. The lowest BCUT2D eigenvalue weighted by atomic mass is 9.57. The maximum absolute atomic E-state index is 11.5. The minimum Gasteiger partial charge on any atom is -0.481 e. The second-order valence-corrected chi connectivity index (χ2v) is 11.4. The van der Waals surface area contributed by atoms with E-state index in [4.69, 9.17) is 9.26 Å².